The van der Waals surface area contributed by atoms with Crippen molar-refractivity contribution in [1.29, 1.82) is 0 Å². The minimum atomic E-state index is -0.180. The topological polar surface area (TPSA) is 67.2 Å². The summed E-state index contributed by atoms with van der Waals surface area (Å²) in [5.74, 6) is 0.781. The number of amides is 1. The molecule has 2 aromatic carbocycles. The van der Waals surface area contributed by atoms with Crippen LogP contribution in [0.4, 0.5) is 0 Å². The number of rotatable bonds is 8. The molecular formula is C19H17ClN4OS3. The molecule has 0 aliphatic rings. The Morgan fingerprint density at radius 1 is 1.07 bits per heavy atom. The third-order valence-corrected chi connectivity index (χ3v) is 7.17. The monoisotopic (exact) mass is 448 g/mol. The van der Waals surface area contributed by atoms with Gasteiger partial charge in [0.1, 0.15) is 0 Å². The Labute approximate surface area is 181 Å². The number of aromatic nitrogens is 2. The van der Waals surface area contributed by atoms with Gasteiger partial charge in [-0.05, 0) is 24.1 Å². The molecule has 1 N–H and O–H groups in total. The summed E-state index contributed by atoms with van der Waals surface area (Å²) in [6.07, 6.45) is 0. The zero-order chi connectivity index (χ0) is 19.8. The minimum Gasteiger partial charge on any atom is -0.272 e. The van der Waals surface area contributed by atoms with E-state index >= 15 is 0 Å². The van der Waals surface area contributed by atoms with Gasteiger partial charge in [0, 0.05) is 10.8 Å². The Morgan fingerprint density at radius 2 is 1.75 bits per heavy atom. The first kappa shape index (κ1) is 20.9. The number of hydrogen-bond acceptors (Lipinski definition) is 7. The fourth-order valence-electron chi connectivity index (χ4n) is 2.12. The maximum atomic E-state index is 12.0. The molecule has 3 rings (SSSR count). The molecule has 0 fully saturated rings. The van der Waals surface area contributed by atoms with Gasteiger partial charge in [-0.15, -0.1) is 10.2 Å². The van der Waals surface area contributed by atoms with Crippen molar-refractivity contribution in [3.8, 4) is 0 Å². The van der Waals surface area contributed by atoms with Gasteiger partial charge in [-0.2, -0.15) is 5.10 Å². The van der Waals surface area contributed by atoms with Crippen LogP contribution in [-0.4, -0.2) is 27.6 Å². The average molecular weight is 449 g/mol. The number of thioether (sulfide) groups is 2. The first-order valence-electron chi connectivity index (χ1n) is 8.33. The summed E-state index contributed by atoms with van der Waals surface area (Å²) in [5.41, 5.74) is 5.36. The van der Waals surface area contributed by atoms with E-state index in [1.54, 1.807) is 11.8 Å². The van der Waals surface area contributed by atoms with Crippen LogP contribution in [0.15, 0.2) is 68.4 Å². The van der Waals surface area contributed by atoms with Crippen LogP contribution < -0.4 is 5.43 Å². The molecular weight excluding hydrogens is 432 g/mol. The van der Waals surface area contributed by atoms with Gasteiger partial charge in [0.2, 0.25) is 0 Å². The highest BCUT2D eigenvalue weighted by Gasteiger charge is 2.09. The highest BCUT2D eigenvalue weighted by atomic mass is 35.5. The maximum Gasteiger partial charge on any atom is 0.250 e. The fourth-order valence-corrected chi connectivity index (χ4v) is 5.22. The third-order valence-electron chi connectivity index (χ3n) is 3.56. The van der Waals surface area contributed by atoms with E-state index in [0.29, 0.717) is 0 Å². The molecule has 5 nitrogen and oxygen atoms in total. The van der Waals surface area contributed by atoms with Crippen molar-refractivity contribution in [2.75, 3.05) is 5.75 Å². The molecule has 0 saturated heterocycles. The molecule has 0 unspecified atom stereocenters. The van der Waals surface area contributed by atoms with Gasteiger partial charge in [0.15, 0.2) is 8.68 Å². The Morgan fingerprint density at radius 3 is 2.50 bits per heavy atom. The average Bonchev–Trinajstić information content (AvgIpc) is 3.18. The molecule has 0 bridgehead atoms. The molecule has 28 heavy (non-hydrogen) atoms. The number of hydrogen-bond donors (Lipinski definition) is 1. The van der Waals surface area contributed by atoms with Gasteiger partial charge in [0.25, 0.3) is 5.91 Å². The van der Waals surface area contributed by atoms with E-state index in [-0.39, 0.29) is 11.7 Å². The maximum absolute atomic E-state index is 12.0. The second-order valence-electron chi connectivity index (χ2n) is 5.60. The van der Waals surface area contributed by atoms with Crippen molar-refractivity contribution in [3.63, 3.8) is 0 Å². The van der Waals surface area contributed by atoms with Crippen LogP contribution in [0.1, 0.15) is 18.1 Å². The summed E-state index contributed by atoms with van der Waals surface area (Å²) in [6.45, 7) is 1.86. The van der Waals surface area contributed by atoms with E-state index in [4.69, 9.17) is 11.6 Å². The normalized spacial score (nSPS) is 11.4. The zero-order valence-corrected chi connectivity index (χ0v) is 18.2. The summed E-state index contributed by atoms with van der Waals surface area (Å²) in [7, 11) is 0. The Kier molecular flexibility index (Phi) is 7.90. The van der Waals surface area contributed by atoms with Crippen LogP contribution in [0.3, 0.4) is 0 Å². The number of hydrazone groups is 1. The summed E-state index contributed by atoms with van der Waals surface area (Å²) < 4.78 is 1.60. The molecule has 3 aromatic rings. The van der Waals surface area contributed by atoms with E-state index in [0.717, 1.165) is 36.3 Å². The smallest absolute Gasteiger partial charge is 0.250 e. The second-order valence-corrected chi connectivity index (χ2v) is 9.43. The lowest BCUT2D eigenvalue weighted by molar-refractivity contribution is -0.118. The van der Waals surface area contributed by atoms with E-state index in [1.165, 1.54) is 23.1 Å². The highest BCUT2D eigenvalue weighted by molar-refractivity contribution is 8.03. The van der Waals surface area contributed by atoms with Crippen LogP contribution >= 0.6 is 46.5 Å². The predicted octanol–water partition coefficient (Wildman–Crippen LogP) is 5.12. The summed E-state index contributed by atoms with van der Waals surface area (Å²) >= 11 is 10.6. The van der Waals surface area contributed by atoms with Crippen LogP contribution in [0, 0.1) is 0 Å². The lowest BCUT2D eigenvalue weighted by Crippen LogP contribution is -2.21. The quantitative estimate of drug-likeness (QED) is 0.294. The Balaban J connectivity index is 1.45. The number of carbonyl (C=O) groups excluding carboxylic acids is 1. The van der Waals surface area contributed by atoms with Crippen molar-refractivity contribution in [1.82, 2.24) is 15.6 Å². The lowest BCUT2D eigenvalue weighted by Gasteiger charge is -2.02. The lowest BCUT2D eigenvalue weighted by atomic mass is 10.1. The van der Waals surface area contributed by atoms with E-state index in [2.05, 4.69) is 20.7 Å². The fraction of sp³-hybridized carbons (Fsp3) is 0.158. The van der Waals surface area contributed by atoms with E-state index in [9.17, 15) is 4.79 Å². The van der Waals surface area contributed by atoms with Crippen molar-refractivity contribution in [2.45, 2.75) is 21.4 Å². The summed E-state index contributed by atoms with van der Waals surface area (Å²) in [6, 6.07) is 17.4. The molecule has 1 aromatic heterocycles. The molecule has 1 heterocycles. The molecule has 0 aliphatic heterocycles. The Bertz CT molecular complexity index is 963. The van der Waals surface area contributed by atoms with Crippen molar-refractivity contribution >= 4 is 58.1 Å². The van der Waals surface area contributed by atoms with Crippen molar-refractivity contribution < 1.29 is 4.79 Å². The van der Waals surface area contributed by atoms with Crippen molar-refractivity contribution in [2.24, 2.45) is 5.10 Å². The number of nitrogens with one attached hydrogen (secondary N) is 1. The molecule has 0 aliphatic carbocycles. The molecule has 144 valence electrons. The van der Waals surface area contributed by atoms with Crippen LogP contribution in [0.25, 0.3) is 0 Å². The van der Waals surface area contributed by atoms with Gasteiger partial charge in [0.05, 0.1) is 11.5 Å². The molecule has 0 saturated carbocycles. The first-order valence-corrected chi connectivity index (χ1v) is 11.5. The number of benzene rings is 2. The van der Waals surface area contributed by atoms with Crippen LogP contribution in [-0.2, 0) is 10.5 Å². The second kappa shape index (κ2) is 10.6. The Hall–Kier alpha value is -1.87. The number of halogens is 1. The van der Waals surface area contributed by atoms with Gasteiger partial charge in [-0.25, -0.2) is 5.43 Å². The summed E-state index contributed by atoms with van der Waals surface area (Å²) in [4.78, 5) is 12.0. The van der Waals surface area contributed by atoms with Gasteiger partial charge < -0.3 is 0 Å². The van der Waals surface area contributed by atoms with Gasteiger partial charge in [-0.1, -0.05) is 95.0 Å². The molecule has 9 heteroatoms. The number of carbonyl (C=O) groups is 1. The molecule has 0 atom stereocenters. The molecule has 1 amide bonds. The standard InChI is InChI=1S/C19H17ClN4OS3/c1-13(14-7-3-2-4-8-14)21-22-17(25)12-27-19-24-23-18(28-19)26-11-15-9-5-6-10-16(15)20/h2-10H,11-12H2,1H3,(H,22,25)/b21-13+. The zero-order valence-electron chi connectivity index (χ0n) is 15.0. The molecule has 0 spiro atoms. The third kappa shape index (κ3) is 6.34. The van der Waals surface area contributed by atoms with Gasteiger partial charge >= 0.3 is 0 Å². The predicted molar refractivity (Wildman–Crippen MR) is 118 cm³/mol. The SMILES string of the molecule is C/C(=N\NC(=O)CSc1nnc(SCc2ccccc2Cl)s1)c1ccccc1. The first-order chi connectivity index (χ1) is 13.6. The highest BCUT2D eigenvalue weighted by Crippen LogP contribution is 2.32. The number of nitrogens with zero attached hydrogens (tertiary/aromatic N) is 3. The van der Waals surface area contributed by atoms with Gasteiger partial charge in [-0.3, -0.25) is 4.79 Å². The summed E-state index contributed by atoms with van der Waals surface area (Å²) in [5, 5.41) is 13.2. The van der Waals surface area contributed by atoms with Crippen molar-refractivity contribution in [3.05, 3.63) is 70.7 Å². The largest absolute Gasteiger partial charge is 0.272 e. The van der Waals surface area contributed by atoms with E-state index < -0.39 is 0 Å². The molecule has 0 radical (unpaired) electrons. The van der Waals surface area contributed by atoms with E-state index in [1.807, 2.05) is 61.5 Å². The minimum absolute atomic E-state index is 0.180. The van der Waals surface area contributed by atoms with Crippen LogP contribution in [0.2, 0.25) is 5.02 Å². The van der Waals surface area contributed by atoms with Crippen LogP contribution in [0.5, 0.6) is 0 Å².